The van der Waals surface area contributed by atoms with Crippen molar-refractivity contribution < 1.29 is 4.74 Å². The van der Waals surface area contributed by atoms with Crippen molar-refractivity contribution in [3.05, 3.63) is 10.7 Å². The molecule has 0 amide bonds. The average molecular weight is 365 g/mol. The van der Waals surface area contributed by atoms with E-state index in [9.17, 15) is 0 Å². The van der Waals surface area contributed by atoms with E-state index < -0.39 is 0 Å². The van der Waals surface area contributed by atoms with Gasteiger partial charge in [-0.15, -0.1) is 0 Å². The first kappa shape index (κ1) is 13.1. The van der Waals surface area contributed by atoms with E-state index in [-0.39, 0.29) is 0 Å². The number of alkyl halides is 1. The lowest BCUT2D eigenvalue weighted by Gasteiger charge is -2.25. The molecule has 4 nitrogen and oxygen atoms in total. The molecule has 1 aliphatic heterocycles. The first-order chi connectivity index (χ1) is 8.17. The number of rotatable bonds is 3. The van der Waals surface area contributed by atoms with Crippen molar-refractivity contribution >= 4 is 37.8 Å². The molecule has 1 aromatic rings. The smallest absolute Gasteiger partial charge is 0.232 e. The summed E-state index contributed by atoms with van der Waals surface area (Å²) in [6, 6.07) is 0.459. The fourth-order valence-electron chi connectivity index (χ4n) is 2.12. The topological polar surface area (TPSA) is 38.2 Å². The van der Waals surface area contributed by atoms with Crippen LogP contribution in [0.3, 0.4) is 0 Å². The third-order valence-electron chi connectivity index (χ3n) is 3.19. The van der Waals surface area contributed by atoms with E-state index in [0.29, 0.717) is 17.8 Å². The summed E-state index contributed by atoms with van der Waals surface area (Å²) in [4.78, 5) is 11.0. The Morgan fingerprint density at radius 3 is 3.00 bits per heavy atom. The molecule has 0 radical (unpaired) electrons. The van der Waals surface area contributed by atoms with Crippen molar-refractivity contribution in [1.82, 2.24) is 9.97 Å². The van der Waals surface area contributed by atoms with Gasteiger partial charge in [-0.05, 0) is 28.3 Å². The largest absolute Gasteiger partial charge is 0.480 e. The van der Waals surface area contributed by atoms with Crippen molar-refractivity contribution in [2.75, 3.05) is 23.9 Å². The van der Waals surface area contributed by atoms with E-state index in [0.717, 1.165) is 22.3 Å². The Morgan fingerprint density at radius 1 is 1.59 bits per heavy atom. The highest BCUT2D eigenvalue weighted by molar-refractivity contribution is 9.10. The monoisotopic (exact) mass is 363 g/mol. The first-order valence-electron chi connectivity index (χ1n) is 5.56. The van der Waals surface area contributed by atoms with Crippen LogP contribution < -0.4 is 9.64 Å². The second-order valence-corrected chi connectivity index (χ2v) is 5.71. The maximum atomic E-state index is 5.20. The Balaban J connectivity index is 2.28. The standard InChI is InChI=1S/C11H15Br2N3O/c1-7-3-4-16(9(7)5-12)11-14-6-8(13)10(15-11)17-2/h6-7,9H,3-5H2,1-2H3. The number of hydrogen-bond donors (Lipinski definition) is 0. The third kappa shape index (κ3) is 2.57. The maximum absolute atomic E-state index is 5.20. The van der Waals surface area contributed by atoms with Gasteiger partial charge in [0.1, 0.15) is 0 Å². The fourth-order valence-corrected chi connectivity index (χ4v) is 3.46. The molecule has 17 heavy (non-hydrogen) atoms. The van der Waals surface area contributed by atoms with Gasteiger partial charge in [0.25, 0.3) is 0 Å². The maximum Gasteiger partial charge on any atom is 0.232 e. The minimum absolute atomic E-state index is 0.459. The molecule has 2 atom stereocenters. The molecule has 94 valence electrons. The Hall–Kier alpha value is -0.360. The predicted molar refractivity (Wildman–Crippen MR) is 75.0 cm³/mol. The highest BCUT2D eigenvalue weighted by Crippen LogP contribution is 2.31. The summed E-state index contributed by atoms with van der Waals surface area (Å²) < 4.78 is 5.99. The van der Waals surface area contributed by atoms with E-state index >= 15 is 0 Å². The van der Waals surface area contributed by atoms with Gasteiger partial charge in [-0.2, -0.15) is 4.98 Å². The van der Waals surface area contributed by atoms with Crippen LogP contribution in [0.5, 0.6) is 5.88 Å². The number of aromatic nitrogens is 2. The molecule has 1 aliphatic rings. The second-order valence-electron chi connectivity index (χ2n) is 4.21. The lowest BCUT2D eigenvalue weighted by Crippen LogP contribution is -2.34. The Morgan fingerprint density at radius 2 is 2.35 bits per heavy atom. The lowest BCUT2D eigenvalue weighted by molar-refractivity contribution is 0.393. The molecule has 2 unspecified atom stereocenters. The van der Waals surface area contributed by atoms with Crippen LogP contribution in [-0.4, -0.2) is 35.0 Å². The summed E-state index contributed by atoms with van der Waals surface area (Å²) in [5.74, 6) is 1.99. The molecule has 0 bridgehead atoms. The zero-order valence-electron chi connectivity index (χ0n) is 9.86. The van der Waals surface area contributed by atoms with Gasteiger partial charge in [-0.3, -0.25) is 0 Å². The lowest BCUT2D eigenvalue weighted by atomic mass is 10.1. The first-order valence-corrected chi connectivity index (χ1v) is 7.48. The molecule has 0 spiro atoms. The number of hydrogen-bond acceptors (Lipinski definition) is 4. The molecule has 2 rings (SSSR count). The van der Waals surface area contributed by atoms with Crippen LogP contribution in [0.2, 0.25) is 0 Å². The summed E-state index contributed by atoms with van der Waals surface area (Å²) in [6.07, 6.45) is 2.92. The van der Waals surface area contributed by atoms with Crippen molar-refractivity contribution in [3.63, 3.8) is 0 Å². The van der Waals surface area contributed by atoms with Gasteiger partial charge in [0.2, 0.25) is 11.8 Å². The van der Waals surface area contributed by atoms with Crippen LogP contribution >= 0.6 is 31.9 Å². The van der Waals surface area contributed by atoms with Crippen molar-refractivity contribution in [1.29, 1.82) is 0 Å². The minimum Gasteiger partial charge on any atom is -0.480 e. The highest BCUT2D eigenvalue weighted by Gasteiger charge is 2.32. The van der Waals surface area contributed by atoms with Gasteiger partial charge in [-0.1, -0.05) is 22.9 Å². The number of halogens is 2. The zero-order valence-corrected chi connectivity index (χ0v) is 13.0. The van der Waals surface area contributed by atoms with Crippen LogP contribution in [-0.2, 0) is 0 Å². The van der Waals surface area contributed by atoms with Crippen molar-refractivity contribution in [3.8, 4) is 5.88 Å². The fraction of sp³-hybridized carbons (Fsp3) is 0.636. The van der Waals surface area contributed by atoms with E-state index in [1.54, 1.807) is 13.3 Å². The van der Waals surface area contributed by atoms with E-state index in [1.807, 2.05) is 0 Å². The minimum atomic E-state index is 0.459. The number of anilines is 1. The Bertz CT molecular complexity index is 402. The van der Waals surface area contributed by atoms with Crippen molar-refractivity contribution in [2.24, 2.45) is 5.92 Å². The molecule has 0 aromatic carbocycles. The quantitative estimate of drug-likeness (QED) is 0.773. The van der Waals surface area contributed by atoms with Crippen molar-refractivity contribution in [2.45, 2.75) is 19.4 Å². The summed E-state index contributed by atoms with van der Waals surface area (Å²) in [5, 5.41) is 0.940. The molecule has 1 aromatic heterocycles. The van der Waals surface area contributed by atoms with Gasteiger partial charge in [0, 0.05) is 17.9 Å². The summed E-state index contributed by atoms with van der Waals surface area (Å²) in [7, 11) is 1.62. The van der Waals surface area contributed by atoms with Gasteiger partial charge in [0.05, 0.1) is 17.8 Å². The third-order valence-corrected chi connectivity index (χ3v) is 4.40. The second kappa shape index (κ2) is 5.52. The molecule has 0 aliphatic carbocycles. The van der Waals surface area contributed by atoms with Crippen LogP contribution in [0, 0.1) is 5.92 Å². The summed E-state index contributed by atoms with van der Waals surface area (Å²) in [6.45, 7) is 3.27. The van der Waals surface area contributed by atoms with Crippen LogP contribution in [0.15, 0.2) is 10.7 Å². The Labute approximate surface area is 118 Å². The zero-order chi connectivity index (χ0) is 12.4. The van der Waals surface area contributed by atoms with Gasteiger partial charge in [-0.25, -0.2) is 4.98 Å². The van der Waals surface area contributed by atoms with E-state index in [2.05, 4.69) is 53.7 Å². The molecular formula is C11H15Br2N3O. The summed E-state index contributed by atoms with van der Waals surface area (Å²) in [5.41, 5.74) is 0. The number of methoxy groups -OCH3 is 1. The number of nitrogens with zero attached hydrogens (tertiary/aromatic N) is 3. The van der Waals surface area contributed by atoms with Crippen LogP contribution in [0.1, 0.15) is 13.3 Å². The summed E-state index contributed by atoms with van der Waals surface area (Å²) >= 11 is 6.93. The molecule has 2 heterocycles. The van der Waals surface area contributed by atoms with Crippen LogP contribution in [0.4, 0.5) is 5.95 Å². The normalized spacial score (nSPS) is 24.1. The SMILES string of the molecule is COc1nc(N2CCC(C)C2CBr)ncc1Br. The molecule has 0 N–H and O–H groups in total. The molecule has 1 fully saturated rings. The highest BCUT2D eigenvalue weighted by atomic mass is 79.9. The van der Waals surface area contributed by atoms with Crippen LogP contribution in [0.25, 0.3) is 0 Å². The van der Waals surface area contributed by atoms with Gasteiger partial charge < -0.3 is 9.64 Å². The van der Waals surface area contributed by atoms with E-state index in [4.69, 9.17) is 4.74 Å². The molecule has 0 saturated carbocycles. The van der Waals surface area contributed by atoms with Gasteiger partial charge in [0.15, 0.2) is 0 Å². The number of ether oxygens (including phenoxy) is 1. The predicted octanol–water partition coefficient (Wildman–Crippen LogP) is 2.86. The van der Waals surface area contributed by atoms with Gasteiger partial charge >= 0.3 is 0 Å². The molecule has 1 saturated heterocycles. The van der Waals surface area contributed by atoms with E-state index in [1.165, 1.54) is 6.42 Å². The molecule has 6 heteroatoms. The molecular weight excluding hydrogens is 350 g/mol. The Kier molecular flexibility index (Phi) is 4.25. The average Bonchev–Trinajstić information content (AvgIpc) is 2.71.